The van der Waals surface area contributed by atoms with Crippen molar-refractivity contribution >= 4 is 0 Å². The predicted octanol–water partition coefficient (Wildman–Crippen LogP) is 0.545. The Morgan fingerprint density at radius 3 is 2.45 bits per heavy atom. The molecule has 0 aliphatic carbocycles. The van der Waals surface area contributed by atoms with Crippen LogP contribution < -0.4 is 0 Å². The third-order valence-corrected chi connectivity index (χ3v) is 1.59. The first-order valence-electron chi connectivity index (χ1n) is 4.25. The van der Waals surface area contributed by atoms with Crippen molar-refractivity contribution in [2.45, 2.75) is 38.9 Å². The Morgan fingerprint density at radius 2 is 2.09 bits per heavy atom. The molecule has 3 heteroatoms. The second-order valence-electron chi connectivity index (χ2n) is 2.30. The molecule has 1 rings (SSSR count). The average Bonchev–Trinajstić information content (AvgIpc) is 2.09. The molecule has 2 N–H and O–H groups in total. The van der Waals surface area contributed by atoms with Gasteiger partial charge in [-0.05, 0) is 12.8 Å². The molecule has 68 valence electrons. The van der Waals surface area contributed by atoms with Crippen LogP contribution in [0.15, 0.2) is 0 Å². The maximum absolute atomic E-state index is 9.08. The normalized spacial score (nSPS) is 30.5. The van der Waals surface area contributed by atoms with E-state index in [2.05, 4.69) is 0 Å². The minimum Gasteiger partial charge on any atom is -0.394 e. The van der Waals surface area contributed by atoms with Crippen molar-refractivity contribution in [3.05, 3.63) is 0 Å². The summed E-state index contributed by atoms with van der Waals surface area (Å²) in [4.78, 5) is 0. The van der Waals surface area contributed by atoms with Crippen LogP contribution >= 0.6 is 0 Å². The zero-order valence-corrected chi connectivity index (χ0v) is 7.29. The quantitative estimate of drug-likeness (QED) is 0.592. The average molecular weight is 162 g/mol. The van der Waals surface area contributed by atoms with Gasteiger partial charge in [0.25, 0.3) is 0 Å². The Bertz CT molecular complexity index is 85.4. The van der Waals surface area contributed by atoms with Crippen LogP contribution in [0.25, 0.3) is 0 Å². The minimum absolute atomic E-state index is 0.0683. The van der Waals surface area contributed by atoms with Crippen LogP contribution in [0, 0.1) is 0 Å². The highest BCUT2D eigenvalue weighted by atomic mass is 16.5. The molecule has 0 saturated carbocycles. The summed E-state index contributed by atoms with van der Waals surface area (Å²) >= 11 is 0. The van der Waals surface area contributed by atoms with E-state index in [0.717, 1.165) is 12.8 Å². The van der Waals surface area contributed by atoms with Gasteiger partial charge in [-0.2, -0.15) is 0 Å². The molecule has 0 bridgehead atoms. The topological polar surface area (TPSA) is 49.7 Å². The summed E-state index contributed by atoms with van der Waals surface area (Å²) in [5, 5.41) is 17.7. The molecule has 3 nitrogen and oxygen atoms in total. The number of hydrogen-bond acceptors (Lipinski definition) is 3. The lowest BCUT2D eigenvalue weighted by Gasteiger charge is -2.25. The zero-order valence-electron chi connectivity index (χ0n) is 7.29. The van der Waals surface area contributed by atoms with Crippen molar-refractivity contribution in [1.29, 1.82) is 0 Å². The van der Waals surface area contributed by atoms with Crippen LogP contribution in [-0.2, 0) is 4.74 Å². The number of hydrogen-bond donors (Lipinski definition) is 2. The first kappa shape index (κ1) is 10.9. The molecule has 1 heterocycles. The second-order valence-corrected chi connectivity index (χ2v) is 2.30. The summed E-state index contributed by atoms with van der Waals surface area (Å²) in [6.45, 7) is 4.60. The van der Waals surface area contributed by atoms with E-state index in [1.807, 2.05) is 13.8 Å². The lowest BCUT2D eigenvalue weighted by Crippen LogP contribution is -2.36. The number of aliphatic hydroxyl groups is 2. The summed E-state index contributed by atoms with van der Waals surface area (Å²) in [7, 11) is 0. The van der Waals surface area contributed by atoms with E-state index in [0.29, 0.717) is 6.61 Å². The summed E-state index contributed by atoms with van der Waals surface area (Å²) in [5.41, 5.74) is 0. The van der Waals surface area contributed by atoms with E-state index >= 15 is 0 Å². The molecule has 0 aromatic carbocycles. The summed E-state index contributed by atoms with van der Waals surface area (Å²) in [6, 6.07) is 0. The summed E-state index contributed by atoms with van der Waals surface area (Å²) < 4.78 is 5.04. The smallest absolute Gasteiger partial charge is 0.106 e. The Labute approximate surface area is 68.0 Å². The van der Waals surface area contributed by atoms with Crippen LogP contribution in [-0.4, -0.2) is 35.6 Å². The van der Waals surface area contributed by atoms with Gasteiger partial charge in [-0.15, -0.1) is 0 Å². The second kappa shape index (κ2) is 6.58. The van der Waals surface area contributed by atoms with Gasteiger partial charge in [0.15, 0.2) is 0 Å². The van der Waals surface area contributed by atoms with Gasteiger partial charge in [-0.3, -0.25) is 0 Å². The van der Waals surface area contributed by atoms with Crippen molar-refractivity contribution < 1.29 is 14.9 Å². The molecule has 2 unspecified atom stereocenters. The summed E-state index contributed by atoms with van der Waals surface area (Å²) in [5.74, 6) is 0. The van der Waals surface area contributed by atoms with Gasteiger partial charge >= 0.3 is 0 Å². The number of aliphatic hydroxyl groups excluding tert-OH is 2. The van der Waals surface area contributed by atoms with E-state index in [-0.39, 0.29) is 12.7 Å². The van der Waals surface area contributed by atoms with E-state index in [1.165, 1.54) is 0 Å². The van der Waals surface area contributed by atoms with Crippen LogP contribution in [0.3, 0.4) is 0 Å². The van der Waals surface area contributed by atoms with Crippen molar-refractivity contribution in [3.63, 3.8) is 0 Å². The van der Waals surface area contributed by atoms with Crippen LogP contribution in [0.2, 0.25) is 0 Å². The van der Waals surface area contributed by atoms with Gasteiger partial charge in [0.05, 0.1) is 12.7 Å². The summed E-state index contributed by atoms with van der Waals surface area (Å²) in [6.07, 6.45) is 0.866. The molecule has 1 fully saturated rings. The molecule has 0 aromatic rings. The monoisotopic (exact) mass is 162 g/mol. The van der Waals surface area contributed by atoms with Crippen LogP contribution in [0.4, 0.5) is 0 Å². The molecule has 1 aliphatic heterocycles. The Balaban J connectivity index is 0.000000461. The van der Waals surface area contributed by atoms with Gasteiger partial charge < -0.3 is 14.9 Å². The molecule has 0 spiro atoms. The highest BCUT2D eigenvalue weighted by Gasteiger charge is 2.22. The molecular weight excluding hydrogens is 144 g/mol. The van der Waals surface area contributed by atoms with Gasteiger partial charge in [0.1, 0.15) is 6.10 Å². The molecule has 1 aliphatic rings. The highest BCUT2D eigenvalue weighted by molar-refractivity contribution is 4.71. The Hall–Kier alpha value is -0.120. The van der Waals surface area contributed by atoms with Crippen molar-refractivity contribution in [3.8, 4) is 0 Å². The molecule has 1 saturated heterocycles. The predicted molar refractivity (Wildman–Crippen MR) is 43.4 cm³/mol. The third kappa shape index (κ3) is 3.70. The number of rotatable bonds is 1. The largest absolute Gasteiger partial charge is 0.394 e. The Kier molecular flexibility index (Phi) is 6.51. The fourth-order valence-corrected chi connectivity index (χ4v) is 0.999. The standard InChI is InChI=1S/C6H12O3.C2H6/c7-4-6-5(8)2-1-3-9-6;1-2/h5-8H,1-4H2;1-2H3. The van der Waals surface area contributed by atoms with Gasteiger partial charge in [0, 0.05) is 6.61 Å². The van der Waals surface area contributed by atoms with Gasteiger partial charge in [-0.25, -0.2) is 0 Å². The van der Waals surface area contributed by atoms with Crippen LogP contribution in [0.5, 0.6) is 0 Å². The SMILES string of the molecule is CC.OCC1OCCCC1O. The minimum atomic E-state index is -0.455. The van der Waals surface area contributed by atoms with E-state index in [9.17, 15) is 0 Å². The maximum atomic E-state index is 9.08. The molecule has 0 radical (unpaired) electrons. The van der Waals surface area contributed by atoms with E-state index in [1.54, 1.807) is 0 Å². The zero-order chi connectivity index (χ0) is 8.69. The molecule has 11 heavy (non-hydrogen) atoms. The van der Waals surface area contributed by atoms with Crippen LogP contribution in [0.1, 0.15) is 26.7 Å². The van der Waals surface area contributed by atoms with E-state index in [4.69, 9.17) is 14.9 Å². The number of ether oxygens (including phenoxy) is 1. The molecule has 0 aromatic heterocycles. The van der Waals surface area contributed by atoms with Crippen molar-refractivity contribution in [1.82, 2.24) is 0 Å². The highest BCUT2D eigenvalue weighted by Crippen LogP contribution is 2.12. The fourth-order valence-electron chi connectivity index (χ4n) is 0.999. The maximum Gasteiger partial charge on any atom is 0.106 e. The fraction of sp³-hybridized carbons (Fsp3) is 1.00. The Morgan fingerprint density at radius 1 is 1.45 bits per heavy atom. The lowest BCUT2D eigenvalue weighted by atomic mass is 10.1. The van der Waals surface area contributed by atoms with Gasteiger partial charge in [0.2, 0.25) is 0 Å². The third-order valence-electron chi connectivity index (χ3n) is 1.59. The molecule has 0 amide bonds. The molecular formula is C8H18O3. The first-order valence-corrected chi connectivity index (χ1v) is 4.25. The lowest BCUT2D eigenvalue weighted by molar-refractivity contribution is -0.0942. The first-order chi connectivity index (χ1) is 5.34. The van der Waals surface area contributed by atoms with Gasteiger partial charge in [-0.1, -0.05) is 13.8 Å². The van der Waals surface area contributed by atoms with Crippen molar-refractivity contribution in [2.24, 2.45) is 0 Å². The van der Waals surface area contributed by atoms with E-state index < -0.39 is 6.10 Å². The van der Waals surface area contributed by atoms with Crippen molar-refractivity contribution in [2.75, 3.05) is 13.2 Å². The molecule has 2 atom stereocenters.